The van der Waals surface area contributed by atoms with Crippen LogP contribution in [0.4, 0.5) is 5.82 Å². The maximum atomic E-state index is 5.92. The smallest absolute Gasteiger partial charge is 0.157 e. The zero-order valence-electron chi connectivity index (χ0n) is 12.2. The number of nitrogens with one attached hydrogen (secondary N) is 1. The van der Waals surface area contributed by atoms with Gasteiger partial charge in [-0.2, -0.15) is 9.61 Å². The van der Waals surface area contributed by atoms with E-state index in [0.717, 1.165) is 31.3 Å². The van der Waals surface area contributed by atoms with E-state index in [1.54, 1.807) is 0 Å². The van der Waals surface area contributed by atoms with Gasteiger partial charge in [0.2, 0.25) is 0 Å². The van der Waals surface area contributed by atoms with Crippen molar-refractivity contribution in [2.45, 2.75) is 57.0 Å². The van der Waals surface area contributed by atoms with Crippen molar-refractivity contribution in [2.24, 2.45) is 11.1 Å². The quantitative estimate of drug-likeness (QED) is 0.883. The van der Waals surface area contributed by atoms with Crippen molar-refractivity contribution in [1.29, 1.82) is 0 Å². The largest absolute Gasteiger partial charge is 0.367 e. The van der Waals surface area contributed by atoms with Gasteiger partial charge in [0.15, 0.2) is 5.65 Å². The minimum Gasteiger partial charge on any atom is -0.367 e. The second-order valence-electron chi connectivity index (χ2n) is 7.24. The zero-order chi connectivity index (χ0) is 14.0. The molecule has 2 aromatic heterocycles. The van der Waals surface area contributed by atoms with E-state index in [1.807, 2.05) is 16.8 Å². The average Bonchev–Trinajstić information content (AvgIpc) is 3.00. The van der Waals surface area contributed by atoms with Crippen LogP contribution in [0.5, 0.6) is 0 Å². The number of hydrogen-bond acceptors (Lipinski definition) is 4. The Kier molecular flexibility index (Phi) is 2.27. The van der Waals surface area contributed by atoms with Gasteiger partial charge in [0.1, 0.15) is 5.82 Å². The van der Waals surface area contributed by atoms with Gasteiger partial charge >= 0.3 is 0 Å². The van der Waals surface area contributed by atoms with Crippen molar-refractivity contribution < 1.29 is 0 Å². The van der Waals surface area contributed by atoms with Crippen LogP contribution in [0.15, 0.2) is 12.3 Å². The third-order valence-corrected chi connectivity index (χ3v) is 5.64. The molecule has 3 N–H and O–H groups in total. The SMILES string of the molecule is NC1CC(Nc2c3c(nc4ccnn24)CC2(CC3)CC2)C1. The van der Waals surface area contributed by atoms with Crippen LogP contribution in [0.3, 0.4) is 0 Å². The highest BCUT2D eigenvalue weighted by Gasteiger charge is 2.46. The molecule has 110 valence electrons. The minimum atomic E-state index is 0.364. The molecule has 0 radical (unpaired) electrons. The zero-order valence-corrected chi connectivity index (χ0v) is 12.2. The van der Waals surface area contributed by atoms with Crippen LogP contribution < -0.4 is 11.1 Å². The first-order valence-electron chi connectivity index (χ1n) is 8.10. The predicted octanol–water partition coefficient (Wildman–Crippen LogP) is 1.90. The molecule has 0 saturated heterocycles. The summed E-state index contributed by atoms with van der Waals surface area (Å²) in [6, 6.07) is 2.87. The highest BCUT2D eigenvalue weighted by Crippen LogP contribution is 2.55. The minimum absolute atomic E-state index is 0.364. The predicted molar refractivity (Wildman–Crippen MR) is 81.3 cm³/mol. The van der Waals surface area contributed by atoms with Crippen LogP contribution in [0.25, 0.3) is 5.65 Å². The summed E-state index contributed by atoms with van der Waals surface area (Å²) in [5.74, 6) is 1.17. The fraction of sp³-hybridized carbons (Fsp3) is 0.625. The number of nitrogens with two attached hydrogens (primary N) is 1. The van der Waals surface area contributed by atoms with Crippen molar-refractivity contribution in [1.82, 2.24) is 14.6 Å². The van der Waals surface area contributed by atoms with Gasteiger partial charge in [-0.25, -0.2) is 4.98 Å². The molecule has 5 nitrogen and oxygen atoms in total. The molecule has 0 aliphatic heterocycles. The van der Waals surface area contributed by atoms with Crippen LogP contribution in [-0.4, -0.2) is 26.7 Å². The van der Waals surface area contributed by atoms with Crippen molar-refractivity contribution in [3.8, 4) is 0 Å². The molecular weight excluding hydrogens is 262 g/mol. The normalized spacial score (nSPS) is 29.2. The summed E-state index contributed by atoms with van der Waals surface area (Å²) in [5.41, 5.74) is 10.2. The molecule has 3 aliphatic rings. The van der Waals surface area contributed by atoms with Crippen molar-refractivity contribution in [3.05, 3.63) is 23.5 Å². The molecule has 0 bridgehead atoms. The van der Waals surface area contributed by atoms with Gasteiger partial charge in [0, 0.05) is 23.7 Å². The summed E-state index contributed by atoms with van der Waals surface area (Å²) in [5, 5.41) is 8.16. The maximum absolute atomic E-state index is 5.92. The van der Waals surface area contributed by atoms with E-state index in [4.69, 9.17) is 10.7 Å². The fourth-order valence-corrected chi connectivity index (χ4v) is 3.99. The number of hydrogen-bond donors (Lipinski definition) is 2. The van der Waals surface area contributed by atoms with Crippen LogP contribution in [0.1, 0.15) is 43.4 Å². The topological polar surface area (TPSA) is 68.2 Å². The van der Waals surface area contributed by atoms with E-state index in [-0.39, 0.29) is 0 Å². The lowest BCUT2D eigenvalue weighted by Crippen LogP contribution is -2.45. The van der Waals surface area contributed by atoms with Crippen LogP contribution >= 0.6 is 0 Å². The second-order valence-corrected chi connectivity index (χ2v) is 7.24. The Bertz CT molecular complexity index is 709. The molecule has 2 aromatic rings. The summed E-state index contributed by atoms with van der Waals surface area (Å²) in [7, 11) is 0. The fourth-order valence-electron chi connectivity index (χ4n) is 3.99. The van der Waals surface area contributed by atoms with Crippen LogP contribution in [0.2, 0.25) is 0 Å². The molecule has 21 heavy (non-hydrogen) atoms. The number of fused-ring (bicyclic) bond motifs is 2. The highest BCUT2D eigenvalue weighted by molar-refractivity contribution is 5.57. The van der Waals surface area contributed by atoms with Gasteiger partial charge in [-0.15, -0.1) is 0 Å². The highest BCUT2D eigenvalue weighted by atomic mass is 15.3. The van der Waals surface area contributed by atoms with E-state index in [2.05, 4.69) is 10.4 Å². The Morgan fingerprint density at radius 1 is 1.29 bits per heavy atom. The van der Waals surface area contributed by atoms with Gasteiger partial charge in [-0.1, -0.05) is 0 Å². The van der Waals surface area contributed by atoms with Gasteiger partial charge in [-0.05, 0) is 50.4 Å². The third kappa shape index (κ3) is 1.80. The molecule has 0 unspecified atom stereocenters. The first-order valence-corrected chi connectivity index (χ1v) is 8.10. The van der Waals surface area contributed by atoms with Crippen LogP contribution in [-0.2, 0) is 12.8 Å². The molecular formula is C16H21N5. The number of anilines is 1. The van der Waals surface area contributed by atoms with Gasteiger partial charge in [0.25, 0.3) is 0 Å². The summed E-state index contributed by atoms with van der Waals surface area (Å²) in [4.78, 5) is 4.87. The number of nitrogens with zero attached hydrogens (tertiary/aromatic N) is 3. The molecule has 5 heteroatoms. The molecule has 2 fully saturated rings. The average molecular weight is 283 g/mol. The first-order chi connectivity index (χ1) is 10.2. The van der Waals surface area contributed by atoms with Crippen LogP contribution in [0, 0.1) is 5.41 Å². The second kappa shape index (κ2) is 3.97. The Balaban J connectivity index is 1.59. The van der Waals surface area contributed by atoms with Gasteiger partial charge in [0.05, 0.1) is 11.9 Å². The summed E-state index contributed by atoms with van der Waals surface area (Å²) in [6.07, 6.45) is 10.3. The molecule has 0 aromatic carbocycles. The molecule has 2 heterocycles. The molecule has 1 spiro atoms. The van der Waals surface area contributed by atoms with Gasteiger partial charge in [-0.3, -0.25) is 0 Å². The Morgan fingerprint density at radius 3 is 2.90 bits per heavy atom. The van der Waals surface area contributed by atoms with E-state index < -0.39 is 0 Å². The lowest BCUT2D eigenvalue weighted by molar-refractivity contribution is 0.371. The van der Waals surface area contributed by atoms with E-state index in [1.165, 1.54) is 36.3 Å². The molecule has 0 atom stereocenters. The molecule has 5 rings (SSSR count). The van der Waals surface area contributed by atoms with E-state index in [9.17, 15) is 0 Å². The Labute approximate surface area is 123 Å². The molecule has 2 saturated carbocycles. The maximum Gasteiger partial charge on any atom is 0.157 e. The first kappa shape index (κ1) is 12.0. The van der Waals surface area contributed by atoms with Crippen molar-refractivity contribution in [2.75, 3.05) is 5.32 Å². The van der Waals surface area contributed by atoms with E-state index in [0.29, 0.717) is 17.5 Å². The van der Waals surface area contributed by atoms with Gasteiger partial charge < -0.3 is 11.1 Å². The summed E-state index contributed by atoms with van der Waals surface area (Å²) in [6.45, 7) is 0. The lowest BCUT2D eigenvalue weighted by Gasteiger charge is -2.35. The number of aromatic nitrogens is 3. The number of rotatable bonds is 2. The lowest BCUT2D eigenvalue weighted by atomic mass is 9.83. The monoisotopic (exact) mass is 283 g/mol. The molecule has 3 aliphatic carbocycles. The molecule has 0 amide bonds. The third-order valence-electron chi connectivity index (χ3n) is 5.64. The van der Waals surface area contributed by atoms with E-state index >= 15 is 0 Å². The van der Waals surface area contributed by atoms with Crippen molar-refractivity contribution in [3.63, 3.8) is 0 Å². The Hall–Kier alpha value is -1.62. The Morgan fingerprint density at radius 2 is 2.14 bits per heavy atom. The summed E-state index contributed by atoms with van der Waals surface area (Å²) < 4.78 is 1.98. The summed E-state index contributed by atoms with van der Waals surface area (Å²) >= 11 is 0. The van der Waals surface area contributed by atoms with Crippen molar-refractivity contribution >= 4 is 11.5 Å². The standard InChI is InChI=1S/C16H21N5/c17-10-7-11(8-10)19-15-12-1-3-16(4-5-16)9-13(12)20-14-2-6-18-21(14)15/h2,6,10-11,19H,1,3-5,7-9,17H2.